The molecule has 0 fully saturated rings. The molecule has 1 aliphatic heterocycles. The van der Waals surface area contributed by atoms with Crippen LogP contribution < -0.4 is 4.74 Å². The molecule has 1 aromatic rings. The van der Waals surface area contributed by atoms with Crippen LogP contribution in [-0.4, -0.2) is 11.9 Å². The van der Waals surface area contributed by atoms with Crippen molar-refractivity contribution in [2.45, 2.75) is 32.8 Å². The number of fused-ring (bicyclic) bond motifs is 1. The van der Waals surface area contributed by atoms with Crippen LogP contribution in [-0.2, 0) is 0 Å². The van der Waals surface area contributed by atoms with Gasteiger partial charge in [-0.2, -0.15) is 0 Å². The predicted octanol–water partition coefficient (Wildman–Crippen LogP) is 3.83. The van der Waals surface area contributed by atoms with Crippen molar-refractivity contribution < 1.29 is 9.53 Å². The van der Waals surface area contributed by atoms with E-state index in [1.807, 2.05) is 18.2 Å². The lowest BCUT2D eigenvalue weighted by Gasteiger charge is -2.26. The molecule has 0 radical (unpaired) electrons. The molecule has 0 N–H and O–H groups in total. The highest BCUT2D eigenvalue weighted by molar-refractivity contribution is 9.10. The molecule has 0 aromatic heterocycles. The van der Waals surface area contributed by atoms with E-state index in [1.165, 1.54) is 0 Å². The van der Waals surface area contributed by atoms with Crippen molar-refractivity contribution in [2.75, 3.05) is 0 Å². The molecule has 2 nitrogen and oxygen atoms in total. The SMILES string of the molecule is CC(C)CC1CC(=O)c2cc(Br)ccc2O1. The van der Waals surface area contributed by atoms with Gasteiger partial charge in [-0.25, -0.2) is 0 Å². The number of Topliss-reactive ketones (excluding diaryl/α,β-unsaturated/α-hetero) is 1. The zero-order chi connectivity index (χ0) is 11.7. The number of ketones is 1. The first-order valence-corrected chi connectivity index (χ1v) is 6.35. The molecular weight excluding hydrogens is 268 g/mol. The zero-order valence-corrected chi connectivity index (χ0v) is 11.1. The predicted molar refractivity (Wildman–Crippen MR) is 67.0 cm³/mol. The van der Waals surface area contributed by atoms with E-state index in [0.29, 0.717) is 17.9 Å². The maximum absolute atomic E-state index is 11.9. The van der Waals surface area contributed by atoms with Gasteiger partial charge in [0.15, 0.2) is 5.78 Å². The summed E-state index contributed by atoms with van der Waals surface area (Å²) in [6, 6.07) is 5.61. The first kappa shape index (κ1) is 11.6. The summed E-state index contributed by atoms with van der Waals surface area (Å²) in [6.07, 6.45) is 1.48. The number of ether oxygens (including phenoxy) is 1. The van der Waals surface area contributed by atoms with Gasteiger partial charge in [-0.15, -0.1) is 0 Å². The second-order valence-electron chi connectivity index (χ2n) is 4.64. The highest BCUT2D eigenvalue weighted by Gasteiger charge is 2.26. The van der Waals surface area contributed by atoms with Crippen molar-refractivity contribution in [1.29, 1.82) is 0 Å². The van der Waals surface area contributed by atoms with Crippen molar-refractivity contribution in [3.05, 3.63) is 28.2 Å². The highest BCUT2D eigenvalue weighted by atomic mass is 79.9. The van der Waals surface area contributed by atoms with Crippen molar-refractivity contribution in [3.63, 3.8) is 0 Å². The molecule has 0 spiro atoms. The van der Waals surface area contributed by atoms with Gasteiger partial charge in [-0.1, -0.05) is 29.8 Å². The molecule has 1 heterocycles. The lowest BCUT2D eigenvalue weighted by atomic mass is 9.95. The van der Waals surface area contributed by atoms with E-state index in [-0.39, 0.29) is 11.9 Å². The van der Waals surface area contributed by atoms with Gasteiger partial charge in [0, 0.05) is 10.9 Å². The molecule has 86 valence electrons. The number of halogens is 1. The Morgan fingerprint density at radius 3 is 2.94 bits per heavy atom. The van der Waals surface area contributed by atoms with Crippen LogP contribution in [0.5, 0.6) is 5.75 Å². The largest absolute Gasteiger partial charge is 0.489 e. The van der Waals surface area contributed by atoms with Crippen LogP contribution in [0.3, 0.4) is 0 Å². The number of hydrogen-bond acceptors (Lipinski definition) is 2. The Bertz CT molecular complexity index is 412. The first-order chi connectivity index (χ1) is 7.56. The Morgan fingerprint density at radius 2 is 2.25 bits per heavy atom. The molecule has 0 amide bonds. The molecule has 1 aliphatic rings. The van der Waals surface area contributed by atoms with Crippen LogP contribution >= 0.6 is 15.9 Å². The van der Waals surface area contributed by atoms with Gasteiger partial charge in [0.25, 0.3) is 0 Å². The zero-order valence-electron chi connectivity index (χ0n) is 9.50. The van der Waals surface area contributed by atoms with Crippen LogP contribution in [0.1, 0.15) is 37.0 Å². The van der Waals surface area contributed by atoms with Gasteiger partial charge in [0.1, 0.15) is 11.9 Å². The third-order valence-corrected chi connectivity index (χ3v) is 3.18. The Kier molecular flexibility index (Phi) is 3.33. The first-order valence-electron chi connectivity index (χ1n) is 5.55. The summed E-state index contributed by atoms with van der Waals surface area (Å²) in [5, 5.41) is 0. The minimum absolute atomic E-state index is 0.0428. The molecule has 1 aromatic carbocycles. The fraction of sp³-hybridized carbons (Fsp3) is 0.462. The van der Waals surface area contributed by atoms with Crippen molar-refractivity contribution in [2.24, 2.45) is 5.92 Å². The Labute approximate surface area is 104 Å². The molecule has 1 unspecified atom stereocenters. The van der Waals surface area contributed by atoms with Crippen LogP contribution in [0, 0.1) is 5.92 Å². The molecule has 1 atom stereocenters. The van der Waals surface area contributed by atoms with Gasteiger partial charge >= 0.3 is 0 Å². The van der Waals surface area contributed by atoms with E-state index >= 15 is 0 Å². The van der Waals surface area contributed by atoms with Gasteiger partial charge in [-0.3, -0.25) is 4.79 Å². The van der Waals surface area contributed by atoms with Gasteiger partial charge in [-0.05, 0) is 30.5 Å². The second-order valence-corrected chi connectivity index (χ2v) is 5.55. The topological polar surface area (TPSA) is 26.3 Å². The number of benzene rings is 1. The third kappa shape index (κ3) is 2.46. The highest BCUT2D eigenvalue weighted by Crippen LogP contribution is 2.31. The third-order valence-electron chi connectivity index (χ3n) is 2.68. The summed E-state index contributed by atoms with van der Waals surface area (Å²) in [6.45, 7) is 4.29. The molecule has 0 aliphatic carbocycles. The van der Waals surface area contributed by atoms with Gasteiger partial charge < -0.3 is 4.74 Å². The van der Waals surface area contributed by atoms with Crippen molar-refractivity contribution in [1.82, 2.24) is 0 Å². The van der Waals surface area contributed by atoms with E-state index in [1.54, 1.807) is 0 Å². The fourth-order valence-corrected chi connectivity index (χ4v) is 2.38. The van der Waals surface area contributed by atoms with E-state index in [2.05, 4.69) is 29.8 Å². The van der Waals surface area contributed by atoms with E-state index in [9.17, 15) is 4.79 Å². The second kappa shape index (κ2) is 4.58. The van der Waals surface area contributed by atoms with E-state index < -0.39 is 0 Å². The summed E-state index contributed by atoms with van der Waals surface area (Å²) < 4.78 is 6.75. The summed E-state index contributed by atoms with van der Waals surface area (Å²) in [4.78, 5) is 11.9. The van der Waals surface area contributed by atoms with Gasteiger partial charge in [0.05, 0.1) is 5.56 Å². The molecular formula is C13H15BrO2. The standard InChI is InChI=1S/C13H15BrO2/c1-8(2)5-10-7-12(15)11-6-9(14)3-4-13(11)16-10/h3-4,6,8,10H,5,7H2,1-2H3. The number of rotatable bonds is 2. The van der Waals surface area contributed by atoms with E-state index in [0.717, 1.165) is 16.6 Å². The molecule has 2 rings (SSSR count). The lowest BCUT2D eigenvalue weighted by molar-refractivity contribution is 0.0820. The summed E-state index contributed by atoms with van der Waals surface area (Å²) in [7, 11) is 0. The molecule has 0 saturated carbocycles. The van der Waals surface area contributed by atoms with E-state index in [4.69, 9.17) is 4.74 Å². The molecule has 3 heteroatoms. The van der Waals surface area contributed by atoms with Crippen LogP contribution in [0.15, 0.2) is 22.7 Å². The minimum atomic E-state index is 0.0428. The van der Waals surface area contributed by atoms with Gasteiger partial charge in [0.2, 0.25) is 0 Å². The number of carbonyl (C=O) groups excluding carboxylic acids is 1. The summed E-state index contributed by atoms with van der Waals surface area (Å²) in [5.41, 5.74) is 0.703. The van der Waals surface area contributed by atoms with Crippen LogP contribution in [0.25, 0.3) is 0 Å². The smallest absolute Gasteiger partial charge is 0.170 e. The minimum Gasteiger partial charge on any atom is -0.489 e. The number of carbonyl (C=O) groups is 1. The van der Waals surface area contributed by atoms with Crippen LogP contribution in [0.4, 0.5) is 0 Å². The maximum Gasteiger partial charge on any atom is 0.170 e. The maximum atomic E-state index is 11.9. The average Bonchev–Trinajstić information content (AvgIpc) is 2.18. The summed E-state index contributed by atoms with van der Waals surface area (Å²) >= 11 is 3.37. The fourth-order valence-electron chi connectivity index (χ4n) is 2.02. The lowest BCUT2D eigenvalue weighted by Crippen LogP contribution is -2.28. The quantitative estimate of drug-likeness (QED) is 0.824. The van der Waals surface area contributed by atoms with Crippen molar-refractivity contribution in [3.8, 4) is 5.75 Å². The summed E-state index contributed by atoms with van der Waals surface area (Å²) in [5.74, 6) is 1.47. The normalized spacial score (nSPS) is 19.5. The molecule has 0 bridgehead atoms. The van der Waals surface area contributed by atoms with Crippen LogP contribution in [0.2, 0.25) is 0 Å². The monoisotopic (exact) mass is 282 g/mol. The number of hydrogen-bond donors (Lipinski definition) is 0. The van der Waals surface area contributed by atoms with Crippen molar-refractivity contribution >= 4 is 21.7 Å². The Balaban J connectivity index is 2.23. The molecule has 0 saturated heterocycles. The Morgan fingerprint density at radius 1 is 1.50 bits per heavy atom. The Hall–Kier alpha value is -0.830. The molecule has 16 heavy (non-hydrogen) atoms. The average molecular weight is 283 g/mol.